The van der Waals surface area contributed by atoms with Crippen LogP contribution in [0.4, 0.5) is 11.4 Å². The van der Waals surface area contributed by atoms with Gasteiger partial charge in [-0.2, -0.15) is 0 Å². The molecular weight excluding hydrogens is 238 g/mol. The van der Waals surface area contributed by atoms with Crippen LogP contribution in [-0.2, 0) is 4.79 Å². The van der Waals surface area contributed by atoms with Crippen LogP contribution in [0.5, 0.6) is 0 Å². The maximum atomic E-state index is 11.9. The molecule has 2 heterocycles. The van der Waals surface area contributed by atoms with E-state index in [1.165, 1.54) is 18.5 Å². The fraction of sp³-hybridized carbons (Fsp3) is 0.533. The number of amides is 1. The lowest BCUT2D eigenvalue weighted by atomic mass is 9.99. The average molecular weight is 259 g/mol. The second-order valence-corrected chi connectivity index (χ2v) is 5.52. The van der Waals surface area contributed by atoms with Gasteiger partial charge in [0.1, 0.15) is 0 Å². The van der Waals surface area contributed by atoms with E-state index in [2.05, 4.69) is 27.7 Å². The second kappa shape index (κ2) is 5.61. The molecule has 0 aliphatic carbocycles. The first-order valence-electron chi connectivity index (χ1n) is 7.17. The highest BCUT2D eigenvalue weighted by molar-refractivity contribution is 5.91. The Morgan fingerprint density at radius 1 is 1.32 bits per heavy atom. The van der Waals surface area contributed by atoms with Gasteiger partial charge >= 0.3 is 0 Å². The van der Waals surface area contributed by atoms with Gasteiger partial charge in [-0.1, -0.05) is 6.07 Å². The number of carbonyl (C=O) groups is 1. The van der Waals surface area contributed by atoms with Crippen molar-refractivity contribution in [1.82, 2.24) is 5.32 Å². The van der Waals surface area contributed by atoms with Gasteiger partial charge in [-0.15, -0.1) is 0 Å². The van der Waals surface area contributed by atoms with Crippen LogP contribution < -0.4 is 15.5 Å². The number of nitrogens with one attached hydrogen (secondary N) is 2. The lowest BCUT2D eigenvalue weighted by molar-refractivity contribution is -0.117. The Morgan fingerprint density at radius 2 is 2.11 bits per heavy atom. The summed E-state index contributed by atoms with van der Waals surface area (Å²) in [4.78, 5) is 14.3. The van der Waals surface area contributed by atoms with E-state index in [1.807, 2.05) is 12.1 Å². The normalized spacial score (nSPS) is 19.3. The third kappa shape index (κ3) is 3.07. The third-order valence-electron chi connectivity index (χ3n) is 3.94. The Balaban J connectivity index is 1.60. The van der Waals surface area contributed by atoms with E-state index < -0.39 is 0 Å². The van der Waals surface area contributed by atoms with E-state index in [-0.39, 0.29) is 5.91 Å². The second-order valence-electron chi connectivity index (χ2n) is 5.52. The SMILES string of the molecule is O=C(CC1CNC1)Nc1cccc(N2CCCC2)c1. The Kier molecular flexibility index (Phi) is 3.69. The van der Waals surface area contributed by atoms with E-state index in [9.17, 15) is 4.79 Å². The van der Waals surface area contributed by atoms with Gasteiger partial charge in [-0.05, 0) is 50.0 Å². The van der Waals surface area contributed by atoms with Crippen LogP contribution in [0.1, 0.15) is 19.3 Å². The molecule has 0 aromatic heterocycles. The molecule has 1 amide bonds. The van der Waals surface area contributed by atoms with E-state index >= 15 is 0 Å². The summed E-state index contributed by atoms with van der Waals surface area (Å²) in [6.45, 7) is 4.21. The fourth-order valence-corrected chi connectivity index (χ4v) is 2.72. The Morgan fingerprint density at radius 3 is 2.79 bits per heavy atom. The van der Waals surface area contributed by atoms with Crippen molar-refractivity contribution in [1.29, 1.82) is 0 Å². The maximum absolute atomic E-state index is 11.9. The lowest BCUT2D eigenvalue weighted by Crippen LogP contribution is -2.43. The maximum Gasteiger partial charge on any atom is 0.224 e. The van der Waals surface area contributed by atoms with Crippen LogP contribution in [0.3, 0.4) is 0 Å². The topological polar surface area (TPSA) is 44.4 Å². The predicted octanol–water partition coefficient (Wildman–Crippen LogP) is 1.83. The van der Waals surface area contributed by atoms with Gasteiger partial charge in [0.25, 0.3) is 0 Å². The zero-order chi connectivity index (χ0) is 13.1. The number of hydrogen-bond donors (Lipinski definition) is 2. The molecule has 4 nitrogen and oxygen atoms in total. The van der Waals surface area contributed by atoms with Crippen LogP contribution in [0.25, 0.3) is 0 Å². The standard InChI is InChI=1S/C15H21N3O/c19-15(8-12-10-16-11-12)17-13-4-3-5-14(9-13)18-6-1-2-7-18/h3-5,9,12,16H,1-2,6-8,10-11H2,(H,17,19). The summed E-state index contributed by atoms with van der Waals surface area (Å²) in [5, 5.41) is 6.20. The van der Waals surface area contributed by atoms with Gasteiger partial charge in [-0.3, -0.25) is 4.79 Å². The molecule has 1 aromatic rings. The van der Waals surface area contributed by atoms with Crippen molar-refractivity contribution in [2.75, 3.05) is 36.4 Å². The van der Waals surface area contributed by atoms with Crippen molar-refractivity contribution in [2.24, 2.45) is 5.92 Å². The van der Waals surface area contributed by atoms with Crippen molar-refractivity contribution >= 4 is 17.3 Å². The van der Waals surface area contributed by atoms with Gasteiger partial charge in [0, 0.05) is 30.9 Å². The van der Waals surface area contributed by atoms with Gasteiger partial charge in [0.15, 0.2) is 0 Å². The highest BCUT2D eigenvalue weighted by Crippen LogP contribution is 2.23. The fourth-order valence-electron chi connectivity index (χ4n) is 2.72. The molecule has 2 aliphatic rings. The number of anilines is 2. The molecule has 2 saturated heterocycles. The predicted molar refractivity (Wildman–Crippen MR) is 77.5 cm³/mol. The van der Waals surface area contributed by atoms with Crippen LogP contribution in [0.15, 0.2) is 24.3 Å². The minimum atomic E-state index is 0.130. The number of benzene rings is 1. The first-order valence-corrected chi connectivity index (χ1v) is 7.17. The summed E-state index contributed by atoms with van der Waals surface area (Å²) >= 11 is 0. The number of carbonyl (C=O) groups excluding carboxylic acids is 1. The molecule has 102 valence electrons. The Labute approximate surface area is 114 Å². The lowest BCUT2D eigenvalue weighted by Gasteiger charge is -2.26. The third-order valence-corrected chi connectivity index (χ3v) is 3.94. The van der Waals surface area contributed by atoms with Crippen LogP contribution >= 0.6 is 0 Å². The minimum Gasteiger partial charge on any atom is -0.371 e. The van der Waals surface area contributed by atoms with Crippen molar-refractivity contribution < 1.29 is 4.79 Å². The monoisotopic (exact) mass is 259 g/mol. The number of hydrogen-bond acceptors (Lipinski definition) is 3. The molecule has 0 radical (unpaired) electrons. The molecule has 3 rings (SSSR count). The van der Waals surface area contributed by atoms with E-state index in [1.54, 1.807) is 0 Å². The molecule has 19 heavy (non-hydrogen) atoms. The smallest absolute Gasteiger partial charge is 0.224 e. The van der Waals surface area contributed by atoms with E-state index in [0.717, 1.165) is 31.9 Å². The van der Waals surface area contributed by atoms with E-state index in [4.69, 9.17) is 0 Å². The molecule has 0 saturated carbocycles. The van der Waals surface area contributed by atoms with Crippen molar-refractivity contribution in [3.63, 3.8) is 0 Å². The minimum absolute atomic E-state index is 0.130. The molecule has 0 bridgehead atoms. The van der Waals surface area contributed by atoms with Gasteiger partial charge in [-0.25, -0.2) is 0 Å². The van der Waals surface area contributed by atoms with Crippen molar-refractivity contribution in [3.05, 3.63) is 24.3 Å². The highest BCUT2D eigenvalue weighted by Gasteiger charge is 2.20. The molecule has 4 heteroatoms. The Bertz CT molecular complexity index is 450. The zero-order valence-electron chi connectivity index (χ0n) is 11.2. The van der Waals surface area contributed by atoms with Gasteiger partial charge in [0.2, 0.25) is 5.91 Å². The first-order chi connectivity index (χ1) is 9.31. The first kappa shape index (κ1) is 12.5. The average Bonchev–Trinajstić information content (AvgIpc) is 2.88. The molecule has 0 spiro atoms. The molecule has 0 atom stereocenters. The largest absolute Gasteiger partial charge is 0.371 e. The van der Waals surface area contributed by atoms with Crippen LogP contribution in [-0.4, -0.2) is 32.1 Å². The highest BCUT2D eigenvalue weighted by atomic mass is 16.1. The molecule has 2 N–H and O–H groups in total. The Hall–Kier alpha value is -1.55. The molecule has 1 aromatic carbocycles. The molecule has 2 aliphatic heterocycles. The van der Waals surface area contributed by atoms with Crippen LogP contribution in [0.2, 0.25) is 0 Å². The van der Waals surface area contributed by atoms with Crippen molar-refractivity contribution in [3.8, 4) is 0 Å². The summed E-state index contributed by atoms with van der Waals surface area (Å²) in [6.07, 6.45) is 3.16. The summed E-state index contributed by atoms with van der Waals surface area (Å²) in [6, 6.07) is 8.20. The van der Waals surface area contributed by atoms with E-state index in [0.29, 0.717) is 12.3 Å². The summed E-state index contributed by atoms with van der Waals surface area (Å²) in [5.41, 5.74) is 2.14. The van der Waals surface area contributed by atoms with Gasteiger partial charge in [0.05, 0.1) is 0 Å². The number of nitrogens with zero attached hydrogens (tertiary/aromatic N) is 1. The molecular formula is C15H21N3O. The van der Waals surface area contributed by atoms with Crippen molar-refractivity contribution in [2.45, 2.75) is 19.3 Å². The zero-order valence-corrected chi connectivity index (χ0v) is 11.2. The summed E-state index contributed by atoms with van der Waals surface area (Å²) in [7, 11) is 0. The van der Waals surface area contributed by atoms with Crippen LogP contribution in [0, 0.1) is 5.92 Å². The molecule has 2 fully saturated rings. The summed E-state index contributed by atoms with van der Waals surface area (Å²) in [5.74, 6) is 0.645. The molecule has 0 unspecified atom stereocenters. The number of rotatable bonds is 4. The quantitative estimate of drug-likeness (QED) is 0.867. The summed E-state index contributed by atoms with van der Waals surface area (Å²) < 4.78 is 0. The van der Waals surface area contributed by atoms with Gasteiger partial charge < -0.3 is 15.5 Å².